The van der Waals surface area contributed by atoms with Crippen molar-refractivity contribution in [3.63, 3.8) is 0 Å². The summed E-state index contributed by atoms with van der Waals surface area (Å²) in [6.45, 7) is 3.03. The zero-order chi connectivity index (χ0) is 7.03. The molecule has 0 spiro atoms. The number of nitrogens with one attached hydrogen (secondary N) is 1. The average Bonchev–Trinajstić information content (AvgIpc) is 1.86. The van der Waals surface area contributed by atoms with Crippen molar-refractivity contribution in [3.05, 3.63) is 0 Å². The summed E-state index contributed by atoms with van der Waals surface area (Å²) in [4.78, 5) is 0. The van der Waals surface area contributed by atoms with E-state index in [4.69, 9.17) is 4.74 Å². The van der Waals surface area contributed by atoms with Crippen LogP contribution in [0.4, 0.5) is 0 Å². The number of aliphatic hydroxyl groups is 1. The van der Waals surface area contributed by atoms with Crippen molar-refractivity contribution in [3.8, 4) is 0 Å². The van der Waals surface area contributed by atoms with Crippen LogP contribution in [0.5, 0.6) is 0 Å². The lowest BCUT2D eigenvalue weighted by atomic mass is 9.86. The second-order valence-corrected chi connectivity index (χ2v) is 3.44. The van der Waals surface area contributed by atoms with Gasteiger partial charge in [0.15, 0.2) is 0 Å². The van der Waals surface area contributed by atoms with Crippen LogP contribution in [0, 0.1) is 5.92 Å². The van der Waals surface area contributed by atoms with Crippen LogP contribution in [-0.4, -0.2) is 37.0 Å². The van der Waals surface area contributed by atoms with Gasteiger partial charge in [0.05, 0.1) is 13.2 Å². The third-order valence-corrected chi connectivity index (χ3v) is 2.28. The summed E-state index contributed by atoms with van der Waals surface area (Å²) >= 11 is 0. The van der Waals surface area contributed by atoms with E-state index in [2.05, 4.69) is 5.32 Å². The Balaban J connectivity index is 2.07. The molecule has 2 atom stereocenters. The van der Waals surface area contributed by atoms with Crippen LogP contribution in [0.2, 0.25) is 0 Å². The van der Waals surface area contributed by atoms with Gasteiger partial charge in [0.25, 0.3) is 0 Å². The fourth-order valence-electron chi connectivity index (χ4n) is 1.83. The smallest absolute Gasteiger partial charge is 0.101 e. The summed E-state index contributed by atoms with van der Waals surface area (Å²) in [5, 5.41) is 12.9. The van der Waals surface area contributed by atoms with Gasteiger partial charge >= 0.3 is 0 Å². The van der Waals surface area contributed by atoms with Crippen LogP contribution >= 0.6 is 0 Å². The molecular weight excluding hydrogens is 130 g/mol. The molecule has 10 heavy (non-hydrogen) atoms. The predicted octanol–water partition coefficient (Wildman–Crippen LogP) is -0.643. The Kier molecular flexibility index (Phi) is 1.44. The van der Waals surface area contributed by atoms with Gasteiger partial charge in [0, 0.05) is 13.1 Å². The molecule has 0 saturated carbocycles. The highest BCUT2D eigenvalue weighted by Gasteiger charge is 2.38. The van der Waals surface area contributed by atoms with Crippen LogP contribution in [0.15, 0.2) is 0 Å². The zero-order valence-electron chi connectivity index (χ0n) is 5.97. The van der Waals surface area contributed by atoms with Gasteiger partial charge < -0.3 is 15.2 Å². The highest BCUT2D eigenvalue weighted by atomic mass is 16.5. The van der Waals surface area contributed by atoms with Crippen molar-refractivity contribution in [1.82, 2.24) is 5.32 Å². The number of fused-ring (bicyclic) bond motifs is 2. The van der Waals surface area contributed by atoms with Gasteiger partial charge in [-0.3, -0.25) is 0 Å². The summed E-state index contributed by atoms with van der Waals surface area (Å²) in [5.41, 5.74) is -0.554. The monoisotopic (exact) mass is 143 g/mol. The van der Waals surface area contributed by atoms with Crippen LogP contribution in [0.1, 0.15) is 6.42 Å². The molecule has 0 aromatic carbocycles. The number of piperidine rings is 1. The van der Waals surface area contributed by atoms with Gasteiger partial charge in [0.2, 0.25) is 0 Å². The van der Waals surface area contributed by atoms with E-state index < -0.39 is 5.60 Å². The van der Waals surface area contributed by atoms with Gasteiger partial charge in [-0.25, -0.2) is 0 Å². The topological polar surface area (TPSA) is 41.5 Å². The summed E-state index contributed by atoms with van der Waals surface area (Å²) in [5.74, 6) is 0.535. The van der Waals surface area contributed by atoms with Crippen LogP contribution in [0.25, 0.3) is 0 Å². The van der Waals surface area contributed by atoms with Gasteiger partial charge in [-0.1, -0.05) is 0 Å². The minimum Gasteiger partial charge on any atom is -0.386 e. The fourth-order valence-corrected chi connectivity index (χ4v) is 1.83. The molecule has 2 saturated heterocycles. The molecule has 2 bridgehead atoms. The molecule has 0 aromatic heterocycles. The Morgan fingerprint density at radius 2 is 2.50 bits per heavy atom. The van der Waals surface area contributed by atoms with Crippen molar-refractivity contribution in [2.75, 3.05) is 26.3 Å². The van der Waals surface area contributed by atoms with Gasteiger partial charge in [-0.2, -0.15) is 0 Å². The van der Waals surface area contributed by atoms with E-state index in [1.165, 1.54) is 0 Å². The third-order valence-electron chi connectivity index (χ3n) is 2.28. The largest absolute Gasteiger partial charge is 0.386 e. The molecule has 3 heteroatoms. The Morgan fingerprint density at radius 1 is 1.60 bits per heavy atom. The zero-order valence-corrected chi connectivity index (χ0v) is 5.97. The lowest BCUT2D eigenvalue weighted by molar-refractivity contribution is -0.122. The first-order valence-electron chi connectivity index (χ1n) is 3.79. The maximum atomic E-state index is 9.71. The molecule has 0 amide bonds. The second kappa shape index (κ2) is 2.19. The SMILES string of the molecule is OC12CNCC(COC1)C2. The highest BCUT2D eigenvalue weighted by Crippen LogP contribution is 2.25. The van der Waals surface area contributed by atoms with E-state index in [-0.39, 0.29) is 0 Å². The minimum atomic E-state index is -0.554. The summed E-state index contributed by atoms with van der Waals surface area (Å²) < 4.78 is 5.25. The van der Waals surface area contributed by atoms with Gasteiger partial charge in [-0.15, -0.1) is 0 Å². The van der Waals surface area contributed by atoms with Crippen molar-refractivity contribution in [2.45, 2.75) is 12.0 Å². The van der Waals surface area contributed by atoms with E-state index in [0.29, 0.717) is 19.1 Å². The Hall–Kier alpha value is -0.120. The summed E-state index contributed by atoms with van der Waals surface area (Å²) in [7, 11) is 0. The van der Waals surface area contributed by atoms with E-state index in [1.807, 2.05) is 0 Å². The van der Waals surface area contributed by atoms with Crippen LogP contribution in [-0.2, 0) is 4.74 Å². The molecule has 2 fully saturated rings. The predicted molar refractivity (Wildman–Crippen MR) is 36.7 cm³/mol. The lowest BCUT2D eigenvalue weighted by Gasteiger charge is -2.41. The third kappa shape index (κ3) is 1.05. The van der Waals surface area contributed by atoms with Crippen molar-refractivity contribution < 1.29 is 9.84 Å². The standard InChI is InChI=1S/C7H13NO2/c9-7-1-6(2-8-4-7)3-10-5-7/h6,8-9H,1-5H2. The molecule has 2 aliphatic heterocycles. The Labute approximate surface area is 60.4 Å². The number of ether oxygens (including phenoxy) is 1. The molecule has 3 nitrogen and oxygen atoms in total. The Bertz CT molecular complexity index is 128. The second-order valence-electron chi connectivity index (χ2n) is 3.44. The van der Waals surface area contributed by atoms with E-state index in [1.54, 1.807) is 0 Å². The maximum Gasteiger partial charge on any atom is 0.101 e. The molecule has 0 radical (unpaired) electrons. The molecule has 58 valence electrons. The summed E-state index contributed by atoms with van der Waals surface area (Å²) in [6.07, 6.45) is 0.917. The quantitative estimate of drug-likeness (QED) is 0.474. The fraction of sp³-hybridized carbons (Fsp3) is 1.00. The number of β-amino-alcohol motifs (C(OH)–C–C–N with tert-alkyl or cyclic N) is 1. The van der Waals surface area contributed by atoms with Crippen LogP contribution in [0.3, 0.4) is 0 Å². The molecule has 0 aliphatic carbocycles. The van der Waals surface area contributed by atoms with Crippen molar-refractivity contribution in [2.24, 2.45) is 5.92 Å². The van der Waals surface area contributed by atoms with E-state index >= 15 is 0 Å². The molecule has 2 N–H and O–H groups in total. The first kappa shape index (κ1) is 6.58. The summed E-state index contributed by atoms with van der Waals surface area (Å²) in [6, 6.07) is 0. The molecule has 2 rings (SSSR count). The van der Waals surface area contributed by atoms with E-state index in [9.17, 15) is 5.11 Å². The number of hydrogen-bond donors (Lipinski definition) is 2. The molecule has 2 heterocycles. The first-order valence-corrected chi connectivity index (χ1v) is 3.79. The molecule has 0 aromatic rings. The van der Waals surface area contributed by atoms with E-state index in [0.717, 1.165) is 19.6 Å². The van der Waals surface area contributed by atoms with Crippen molar-refractivity contribution in [1.29, 1.82) is 0 Å². The van der Waals surface area contributed by atoms with Gasteiger partial charge in [-0.05, 0) is 12.3 Å². The average molecular weight is 143 g/mol. The van der Waals surface area contributed by atoms with Crippen LogP contribution < -0.4 is 5.32 Å². The Morgan fingerprint density at radius 3 is 3.20 bits per heavy atom. The number of rotatable bonds is 0. The highest BCUT2D eigenvalue weighted by molar-refractivity contribution is 4.91. The minimum absolute atomic E-state index is 0.510. The molecule has 2 unspecified atom stereocenters. The molecular formula is C7H13NO2. The maximum absolute atomic E-state index is 9.71. The number of hydrogen-bond acceptors (Lipinski definition) is 3. The normalized spacial score (nSPS) is 47.1. The molecule has 2 aliphatic rings. The van der Waals surface area contributed by atoms with Crippen molar-refractivity contribution >= 4 is 0 Å². The van der Waals surface area contributed by atoms with Gasteiger partial charge in [0.1, 0.15) is 5.60 Å². The first-order chi connectivity index (χ1) is 4.79. The lowest BCUT2D eigenvalue weighted by Crippen LogP contribution is -2.56.